The zero-order chi connectivity index (χ0) is 12.4. The lowest BCUT2D eigenvalue weighted by Gasteiger charge is -2.04. The van der Waals surface area contributed by atoms with E-state index in [0.29, 0.717) is 16.9 Å². The van der Waals surface area contributed by atoms with Gasteiger partial charge in [-0.25, -0.2) is 0 Å². The second-order valence-corrected chi connectivity index (χ2v) is 3.81. The van der Waals surface area contributed by atoms with E-state index >= 15 is 0 Å². The van der Waals surface area contributed by atoms with Crippen LogP contribution in [0.15, 0.2) is 30.5 Å². The minimum atomic E-state index is -0.235. The summed E-state index contributed by atoms with van der Waals surface area (Å²) in [6, 6.07) is 6.42. The molecule has 5 heteroatoms. The van der Waals surface area contributed by atoms with Gasteiger partial charge in [0.05, 0.1) is 11.3 Å². The van der Waals surface area contributed by atoms with Crippen molar-refractivity contribution < 1.29 is 9.90 Å². The number of phenolic OH excluding ortho intramolecular Hbond substituents is 1. The number of phenols is 1. The summed E-state index contributed by atoms with van der Waals surface area (Å²) in [7, 11) is 1.76. The lowest BCUT2D eigenvalue weighted by Crippen LogP contribution is -2.12. The Labute approximate surface area is 98.7 Å². The molecule has 2 N–H and O–H groups in total. The van der Waals surface area contributed by atoms with Gasteiger partial charge in [-0.1, -0.05) is 6.07 Å². The third-order valence-electron chi connectivity index (χ3n) is 2.36. The fourth-order valence-corrected chi connectivity index (χ4v) is 1.60. The van der Waals surface area contributed by atoms with E-state index in [-0.39, 0.29) is 11.7 Å². The smallest absolute Gasteiger partial charge is 0.259 e. The number of anilines is 1. The molecule has 1 aromatic carbocycles. The molecule has 0 saturated heterocycles. The number of hydrogen-bond donors (Lipinski definition) is 2. The molecule has 0 atom stereocenters. The van der Waals surface area contributed by atoms with Crippen molar-refractivity contribution >= 4 is 11.6 Å². The van der Waals surface area contributed by atoms with Crippen LogP contribution in [0, 0.1) is 6.92 Å². The summed E-state index contributed by atoms with van der Waals surface area (Å²) in [4.78, 5) is 11.9. The van der Waals surface area contributed by atoms with Crippen molar-refractivity contribution in [3.05, 3.63) is 41.7 Å². The number of aryl methyl sites for hydroxylation is 2. The molecule has 1 heterocycles. The van der Waals surface area contributed by atoms with Crippen LogP contribution in [-0.2, 0) is 7.05 Å². The van der Waals surface area contributed by atoms with E-state index in [0.717, 1.165) is 0 Å². The lowest BCUT2D eigenvalue weighted by atomic mass is 10.2. The third kappa shape index (κ3) is 2.44. The topological polar surface area (TPSA) is 67.2 Å². The minimum Gasteiger partial charge on any atom is -0.508 e. The molecule has 88 valence electrons. The highest BCUT2D eigenvalue weighted by atomic mass is 16.3. The Morgan fingerprint density at radius 3 is 2.82 bits per heavy atom. The number of benzene rings is 1. The molecule has 0 unspecified atom stereocenters. The highest BCUT2D eigenvalue weighted by Crippen LogP contribution is 2.16. The number of aromatic hydroxyl groups is 1. The number of hydrogen-bond acceptors (Lipinski definition) is 3. The van der Waals surface area contributed by atoms with Crippen molar-refractivity contribution in [3.63, 3.8) is 0 Å². The van der Waals surface area contributed by atoms with Gasteiger partial charge in [0, 0.05) is 25.0 Å². The number of carbonyl (C=O) groups is 1. The molecule has 0 saturated carbocycles. The second-order valence-electron chi connectivity index (χ2n) is 3.81. The van der Waals surface area contributed by atoms with Gasteiger partial charge < -0.3 is 10.4 Å². The highest BCUT2D eigenvalue weighted by Gasteiger charge is 2.12. The summed E-state index contributed by atoms with van der Waals surface area (Å²) >= 11 is 0. The average molecular weight is 231 g/mol. The Bertz CT molecular complexity index is 561. The first-order valence-electron chi connectivity index (χ1n) is 5.17. The van der Waals surface area contributed by atoms with E-state index < -0.39 is 0 Å². The standard InChI is InChI=1S/C12H13N3O2/c1-8-11(7-15(2)14-8)12(17)13-9-4-3-5-10(16)6-9/h3-7,16H,1-2H3,(H,13,17). The number of nitrogens with one attached hydrogen (secondary N) is 1. The molecule has 17 heavy (non-hydrogen) atoms. The zero-order valence-corrected chi connectivity index (χ0v) is 9.64. The number of amides is 1. The molecular weight excluding hydrogens is 218 g/mol. The van der Waals surface area contributed by atoms with E-state index in [1.807, 2.05) is 0 Å². The predicted octanol–water partition coefficient (Wildman–Crippen LogP) is 1.69. The predicted molar refractivity (Wildman–Crippen MR) is 64.0 cm³/mol. The fraction of sp³-hybridized carbons (Fsp3) is 0.167. The van der Waals surface area contributed by atoms with Crippen LogP contribution >= 0.6 is 0 Å². The summed E-state index contributed by atoms with van der Waals surface area (Å²) < 4.78 is 1.59. The summed E-state index contributed by atoms with van der Waals surface area (Å²) in [5, 5.41) is 16.1. The van der Waals surface area contributed by atoms with Crippen LogP contribution in [0.1, 0.15) is 16.1 Å². The van der Waals surface area contributed by atoms with Crippen LogP contribution in [0.5, 0.6) is 5.75 Å². The normalized spacial score (nSPS) is 10.2. The molecule has 0 aliphatic heterocycles. The molecule has 1 aromatic heterocycles. The Balaban J connectivity index is 2.20. The van der Waals surface area contributed by atoms with Gasteiger partial charge in [0.2, 0.25) is 0 Å². The SMILES string of the molecule is Cc1nn(C)cc1C(=O)Nc1cccc(O)c1. The van der Waals surface area contributed by atoms with E-state index in [4.69, 9.17) is 0 Å². The summed E-state index contributed by atoms with van der Waals surface area (Å²) in [6.07, 6.45) is 1.66. The molecule has 0 aliphatic carbocycles. The fourth-order valence-electron chi connectivity index (χ4n) is 1.60. The minimum absolute atomic E-state index is 0.116. The van der Waals surface area contributed by atoms with E-state index in [1.165, 1.54) is 6.07 Å². The van der Waals surface area contributed by atoms with Gasteiger partial charge in [0.15, 0.2) is 0 Å². The monoisotopic (exact) mass is 231 g/mol. The molecule has 0 fully saturated rings. The first-order valence-corrected chi connectivity index (χ1v) is 5.17. The van der Waals surface area contributed by atoms with Crippen LogP contribution in [0.25, 0.3) is 0 Å². The van der Waals surface area contributed by atoms with Gasteiger partial charge in [0.1, 0.15) is 5.75 Å². The first kappa shape index (κ1) is 11.2. The Kier molecular flexibility index (Phi) is 2.82. The molecular formula is C12H13N3O2. The van der Waals surface area contributed by atoms with Gasteiger partial charge in [0.25, 0.3) is 5.91 Å². The summed E-state index contributed by atoms with van der Waals surface area (Å²) in [5.74, 6) is -0.119. The molecule has 0 aliphatic rings. The van der Waals surface area contributed by atoms with Gasteiger partial charge in [-0.2, -0.15) is 5.10 Å². The molecule has 0 bridgehead atoms. The lowest BCUT2D eigenvalue weighted by molar-refractivity contribution is 0.102. The average Bonchev–Trinajstić information content (AvgIpc) is 2.58. The molecule has 2 aromatic rings. The highest BCUT2D eigenvalue weighted by molar-refractivity contribution is 6.04. The van der Waals surface area contributed by atoms with Crippen LogP contribution in [0.2, 0.25) is 0 Å². The first-order chi connectivity index (χ1) is 8.06. The molecule has 0 radical (unpaired) electrons. The largest absolute Gasteiger partial charge is 0.508 e. The number of carbonyl (C=O) groups excluding carboxylic acids is 1. The zero-order valence-electron chi connectivity index (χ0n) is 9.64. The van der Waals surface area contributed by atoms with Crippen molar-refractivity contribution in [2.45, 2.75) is 6.92 Å². The van der Waals surface area contributed by atoms with Gasteiger partial charge in [-0.3, -0.25) is 9.48 Å². The molecule has 2 rings (SSSR count). The van der Waals surface area contributed by atoms with Crippen LogP contribution in [0.3, 0.4) is 0 Å². The second kappa shape index (κ2) is 4.29. The number of nitrogens with zero attached hydrogens (tertiary/aromatic N) is 2. The quantitative estimate of drug-likeness (QED) is 0.826. The van der Waals surface area contributed by atoms with Crippen LogP contribution in [-0.4, -0.2) is 20.8 Å². The van der Waals surface area contributed by atoms with Crippen LogP contribution < -0.4 is 5.32 Å². The van der Waals surface area contributed by atoms with Gasteiger partial charge >= 0.3 is 0 Å². The maximum atomic E-state index is 11.9. The number of rotatable bonds is 2. The summed E-state index contributed by atoms with van der Waals surface area (Å²) in [5.41, 5.74) is 1.75. The summed E-state index contributed by atoms with van der Waals surface area (Å²) in [6.45, 7) is 1.78. The Morgan fingerprint density at radius 1 is 1.47 bits per heavy atom. The van der Waals surface area contributed by atoms with Crippen molar-refractivity contribution in [2.75, 3.05) is 5.32 Å². The third-order valence-corrected chi connectivity index (χ3v) is 2.36. The Morgan fingerprint density at radius 2 is 2.24 bits per heavy atom. The Hall–Kier alpha value is -2.30. The van der Waals surface area contributed by atoms with Gasteiger partial charge in [-0.05, 0) is 19.1 Å². The van der Waals surface area contributed by atoms with E-state index in [1.54, 1.807) is 43.0 Å². The van der Waals surface area contributed by atoms with Crippen molar-refractivity contribution in [3.8, 4) is 5.75 Å². The van der Waals surface area contributed by atoms with Gasteiger partial charge in [-0.15, -0.1) is 0 Å². The van der Waals surface area contributed by atoms with Crippen molar-refractivity contribution in [1.82, 2.24) is 9.78 Å². The molecule has 0 spiro atoms. The maximum Gasteiger partial charge on any atom is 0.259 e. The van der Waals surface area contributed by atoms with Crippen molar-refractivity contribution in [2.24, 2.45) is 7.05 Å². The maximum absolute atomic E-state index is 11.9. The number of aromatic nitrogens is 2. The van der Waals surface area contributed by atoms with E-state index in [9.17, 15) is 9.90 Å². The molecule has 1 amide bonds. The van der Waals surface area contributed by atoms with Crippen LogP contribution in [0.4, 0.5) is 5.69 Å². The molecule has 5 nitrogen and oxygen atoms in total. The van der Waals surface area contributed by atoms with E-state index in [2.05, 4.69) is 10.4 Å². The van der Waals surface area contributed by atoms with Crippen molar-refractivity contribution in [1.29, 1.82) is 0 Å².